The maximum atomic E-state index is 12.3. The molecule has 23 heavy (non-hydrogen) atoms. The number of aromatic amines is 1. The van der Waals surface area contributed by atoms with Crippen molar-refractivity contribution in [3.8, 4) is 0 Å². The smallest absolute Gasteiger partial charge is 0.271 e. The number of rotatable bonds is 3. The molecule has 1 aliphatic rings. The quantitative estimate of drug-likeness (QED) is 0.809. The number of fused-ring (bicyclic) bond motifs is 1. The lowest BCUT2D eigenvalue weighted by Crippen LogP contribution is -2.29. The molecule has 0 unspecified atom stereocenters. The van der Waals surface area contributed by atoms with Gasteiger partial charge in [0.1, 0.15) is 5.69 Å². The minimum absolute atomic E-state index is 0.0432. The number of pyridine rings is 1. The highest BCUT2D eigenvalue weighted by molar-refractivity contribution is 5.92. The number of hydrogen-bond acceptors (Lipinski definition) is 3. The molecule has 0 bridgehead atoms. The molecular formula is C18H18N4O. The van der Waals surface area contributed by atoms with Crippen molar-refractivity contribution in [2.24, 2.45) is 5.92 Å². The highest BCUT2D eigenvalue weighted by Crippen LogP contribution is 2.23. The second-order valence-corrected chi connectivity index (χ2v) is 6.11. The Morgan fingerprint density at radius 2 is 2.22 bits per heavy atom. The van der Waals surface area contributed by atoms with Crippen LogP contribution in [0.2, 0.25) is 0 Å². The molecule has 3 heterocycles. The normalized spacial score (nSPS) is 17.7. The summed E-state index contributed by atoms with van der Waals surface area (Å²) < 4.78 is 0. The van der Waals surface area contributed by atoms with E-state index in [0.717, 1.165) is 31.4 Å². The van der Waals surface area contributed by atoms with Crippen molar-refractivity contribution in [3.05, 3.63) is 60.3 Å². The molecule has 5 heteroatoms. The van der Waals surface area contributed by atoms with Crippen LogP contribution < -0.4 is 0 Å². The monoisotopic (exact) mass is 306 g/mol. The van der Waals surface area contributed by atoms with Gasteiger partial charge in [-0.2, -0.15) is 0 Å². The van der Waals surface area contributed by atoms with Crippen LogP contribution in [0.3, 0.4) is 0 Å². The minimum Gasteiger partial charge on any atom is -0.341 e. The van der Waals surface area contributed by atoms with Gasteiger partial charge in [0.2, 0.25) is 0 Å². The van der Waals surface area contributed by atoms with Gasteiger partial charge >= 0.3 is 0 Å². The van der Waals surface area contributed by atoms with Crippen LogP contribution in [0.1, 0.15) is 22.5 Å². The Balaban J connectivity index is 1.44. The molecule has 0 saturated carbocycles. The van der Waals surface area contributed by atoms with Crippen molar-refractivity contribution in [2.75, 3.05) is 13.1 Å². The molecule has 116 valence electrons. The number of nitrogens with one attached hydrogen (secondary N) is 1. The first-order chi connectivity index (χ1) is 11.3. The SMILES string of the molecule is O=C(c1cnc[nH]1)N1CC[C@@H](Cc2cnc3ccccc3c2)C1. The summed E-state index contributed by atoms with van der Waals surface area (Å²) in [6, 6.07) is 10.4. The zero-order valence-corrected chi connectivity index (χ0v) is 12.8. The van der Waals surface area contributed by atoms with Crippen molar-refractivity contribution in [1.82, 2.24) is 19.9 Å². The number of carbonyl (C=O) groups is 1. The van der Waals surface area contributed by atoms with Crippen LogP contribution >= 0.6 is 0 Å². The number of hydrogen-bond donors (Lipinski definition) is 1. The molecule has 1 amide bonds. The molecule has 0 spiro atoms. The Hall–Kier alpha value is -2.69. The average Bonchev–Trinajstić information content (AvgIpc) is 3.26. The molecule has 1 atom stereocenters. The second-order valence-electron chi connectivity index (χ2n) is 6.11. The predicted molar refractivity (Wildman–Crippen MR) is 88.0 cm³/mol. The van der Waals surface area contributed by atoms with Crippen LogP contribution in [0.25, 0.3) is 10.9 Å². The predicted octanol–water partition coefficient (Wildman–Crippen LogP) is 2.66. The van der Waals surface area contributed by atoms with Crippen LogP contribution in [0.4, 0.5) is 0 Å². The van der Waals surface area contributed by atoms with Gasteiger partial charge in [-0.05, 0) is 36.5 Å². The number of aromatic nitrogens is 3. The molecule has 1 aromatic carbocycles. The third-order valence-electron chi connectivity index (χ3n) is 4.47. The Labute approximate surface area is 134 Å². The van der Waals surface area contributed by atoms with Gasteiger partial charge in [-0.3, -0.25) is 9.78 Å². The van der Waals surface area contributed by atoms with Gasteiger partial charge in [-0.25, -0.2) is 4.98 Å². The summed E-state index contributed by atoms with van der Waals surface area (Å²) in [5, 5.41) is 1.17. The molecule has 0 aliphatic carbocycles. The van der Waals surface area contributed by atoms with Crippen molar-refractivity contribution >= 4 is 16.8 Å². The lowest BCUT2D eigenvalue weighted by atomic mass is 9.99. The Morgan fingerprint density at radius 1 is 1.30 bits per heavy atom. The fraction of sp³-hybridized carbons (Fsp3) is 0.278. The number of carbonyl (C=O) groups excluding carboxylic acids is 1. The molecule has 1 fully saturated rings. The van der Waals surface area contributed by atoms with E-state index in [0.29, 0.717) is 11.6 Å². The van der Waals surface area contributed by atoms with E-state index in [2.05, 4.69) is 27.1 Å². The van der Waals surface area contributed by atoms with E-state index in [-0.39, 0.29) is 5.91 Å². The number of imidazole rings is 1. The number of nitrogens with zero attached hydrogens (tertiary/aromatic N) is 3. The standard InChI is InChI=1S/C18H18N4O/c23-18(17-10-19-12-21-17)22-6-5-13(11-22)7-14-8-15-3-1-2-4-16(15)20-9-14/h1-4,8-10,12-13H,5-7,11H2,(H,19,21)/t13-/m0/s1. The van der Waals surface area contributed by atoms with Crippen LogP contribution in [0.5, 0.6) is 0 Å². The highest BCUT2D eigenvalue weighted by Gasteiger charge is 2.27. The zero-order valence-electron chi connectivity index (χ0n) is 12.8. The Bertz CT molecular complexity index is 828. The zero-order chi connectivity index (χ0) is 15.6. The number of amides is 1. The van der Waals surface area contributed by atoms with E-state index in [1.54, 1.807) is 12.5 Å². The van der Waals surface area contributed by atoms with Gasteiger partial charge in [-0.15, -0.1) is 0 Å². The molecule has 0 radical (unpaired) electrons. The lowest BCUT2D eigenvalue weighted by molar-refractivity contribution is 0.0782. The summed E-state index contributed by atoms with van der Waals surface area (Å²) in [5.74, 6) is 0.534. The molecule has 1 saturated heterocycles. The summed E-state index contributed by atoms with van der Waals surface area (Å²) in [6.07, 6.45) is 7.09. The summed E-state index contributed by atoms with van der Waals surface area (Å²) in [6.45, 7) is 1.61. The number of benzene rings is 1. The molecule has 1 aliphatic heterocycles. The molecule has 2 aromatic heterocycles. The van der Waals surface area contributed by atoms with E-state index in [4.69, 9.17) is 0 Å². The third-order valence-corrected chi connectivity index (χ3v) is 4.47. The first-order valence-corrected chi connectivity index (χ1v) is 7.91. The third kappa shape index (κ3) is 2.82. The molecule has 1 N–H and O–H groups in total. The van der Waals surface area contributed by atoms with E-state index in [1.807, 2.05) is 29.3 Å². The summed E-state index contributed by atoms with van der Waals surface area (Å²) >= 11 is 0. The van der Waals surface area contributed by atoms with Gasteiger partial charge in [0, 0.05) is 24.7 Å². The van der Waals surface area contributed by atoms with E-state index in [1.165, 1.54) is 10.9 Å². The molecule has 5 nitrogen and oxygen atoms in total. The van der Waals surface area contributed by atoms with E-state index < -0.39 is 0 Å². The van der Waals surface area contributed by atoms with Gasteiger partial charge in [0.05, 0.1) is 18.0 Å². The van der Waals surface area contributed by atoms with Gasteiger partial charge < -0.3 is 9.88 Å². The number of para-hydroxylation sites is 1. The minimum atomic E-state index is 0.0432. The number of H-pyrrole nitrogens is 1. The average molecular weight is 306 g/mol. The molecule has 3 aromatic rings. The van der Waals surface area contributed by atoms with Gasteiger partial charge in [0.15, 0.2) is 0 Å². The van der Waals surface area contributed by atoms with E-state index in [9.17, 15) is 4.79 Å². The maximum Gasteiger partial charge on any atom is 0.271 e. The van der Waals surface area contributed by atoms with Crippen LogP contribution in [-0.4, -0.2) is 38.8 Å². The van der Waals surface area contributed by atoms with Crippen LogP contribution in [-0.2, 0) is 6.42 Å². The first-order valence-electron chi connectivity index (χ1n) is 7.91. The largest absolute Gasteiger partial charge is 0.341 e. The Kier molecular flexibility index (Phi) is 3.54. The summed E-state index contributed by atoms with van der Waals surface area (Å²) in [4.78, 5) is 25.6. The first kappa shape index (κ1) is 13.9. The molecule has 4 rings (SSSR count). The highest BCUT2D eigenvalue weighted by atomic mass is 16.2. The fourth-order valence-electron chi connectivity index (χ4n) is 3.29. The molecular weight excluding hydrogens is 288 g/mol. The van der Waals surface area contributed by atoms with Crippen molar-refractivity contribution in [2.45, 2.75) is 12.8 Å². The van der Waals surface area contributed by atoms with Gasteiger partial charge in [-0.1, -0.05) is 18.2 Å². The number of likely N-dealkylation sites (tertiary alicyclic amines) is 1. The van der Waals surface area contributed by atoms with Crippen molar-refractivity contribution < 1.29 is 4.79 Å². The van der Waals surface area contributed by atoms with Crippen molar-refractivity contribution in [1.29, 1.82) is 0 Å². The Morgan fingerprint density at radius 3 is 3.09 bits per heavy atom. The summed E-state index contributed by atoms with van der Waals surface area (Å²) in [7, 11) is 0. The second kappa shape index (κ2) is 5.83. The van der Waals surface area contributed by atoms with Gasteiger partial charge in [0.25, 0.3) is 5.91 Å². The van der Waals surface area contributed by atoms with Crippen LogP contribution in [0.15, 0.2) is 49.1 Å². The fourth-order valence-corrected chi connectivity index (χ4v) is 3.29. The maximum absolute atomic E-state index is 12.3. The van der Waals surface area contributed by atoms with Crippen molar-refractivity contribution in [3.63, 3.8) is 0 Å². The topological polar surface area (TPSA) is 61.9 Å². The lowest BCUT2D eigenvalue weighted by Gasteiger charge is -2.15. The summed E-state index contributed by atoms with van der Waals surface area (Å²) in [5.41, 5.74) is 2.83. The van der Waals surface area contributed by atoms with Crippen LogP contribution in [0, 0.1) is 5.92 Å². The van der Waals surface area contributed by atoms with E-state index >= 15 is 0 Å².